The van der Waals surface area contributed by atoms with E-state index in [1.807, 2.05) is 55.5 Å². The van der Waals surface area contributed by atoms with Crippen LogP contribution in [0.5, 0.6) is 11.5 Å². The number of nitrogens with zero attached hydrogens (tertiary/aromatic N) is 1. The highest BCUT2D eigenvalue weighted by atomic mass is 16.5. The minimum atomic E-state index is -0.379. The van der Waals surface area contributed by atoms with Crippen LogP contribution in [-0.4, -0.2) is 30.9 Å². The molecule has 6 heteroatoms. The number of carbonyl (C=O) groups is 2. The molecule has 3 aromatic carbocycles. The number of rotatable bonds is 7. The Morgan fingerprint density at radius 3 is 2.41 bits per heavy atom. The van der Waals surface area contributed by atoms with E-state index in [0.29, 0.717) is 29.3 Å². The average molecular weight is 431 g/mol. The monoisotopic (exact) mass is 430 g/mol. The molecule has 0 bridgehead atoms. The zero-order valence-corrected chi connectivity index (χ0v) is 18.4. The fraction of sp³-hybridized carbons (Fsp3) is 0.231. The van der Waals surface area contributed by atoms with Gasteiger partial charge in [0.25, 0.3) is 5.91 Å². The zero-order valence-electron chi connectivity index (χ0n) is 18.4. The first kappa shape index (κ1) is 21.4. The largest absolute Gasteiger partial charge is 0.493 e. The summed E-state index contributed by atoms with van der Waals surface area (Å²) in [7, 11) is 3.11. The molecule has 0 saturated carbocycles. The first-order valence-corrected chi connectivity index (χ1v) is 10.5. The van der Waals surface area contributed by atoms with Crippen molar-refractivity contribution in [1.29, 1.82) is 0 Å². The van der Waals surface area contributed by atoms with Crippen molar-refractivity contribution in [2.45, 2.75) is 25.9 Å². The predicted molar refractivity (Wildman–Crippen MR) is 123 cm³/mol. The second-order valence-corrected chi connectivity index (χ2v) is 7.84. The summed E-state index contributed by atoms with van der Waals surface area (Å²) in [6.45, 7) is 2.50. The lowest BCUT2D eigenvalue weighted by atomic mass is 10.00. The highest BCUT2D eigenvalue weighted by Crippen LogP contribution is 2.34. The number of nitrogens with one attached hydrogen (secondary N) is 1. The molecule has 2 amide bonds. The Morgan fingerprint density at radius 2 is 1.72 bits per heavy atom. The van der Waals surface area contributed by atoms with E-state index in [-0.39, 0.29) is 24.3 Å². The summed E-state index contributed by atoms with van der Waals surface area (Å²) in [4.78, 5) is 27.9. The maximum atomic E-state index is 13.1. The molecule has 6 nitrogen and oxygen atoms in total. The molecule has 1 heterocycles. The molecule has 1 atom stereocenters. The lowest BCUT2D eigenvalue weighted by Gasteiger charge is -2.28. The number of anilines is 1. The Bertz CT molecular complexity index is 1140. The minimum Gasteiger partial charge on any atom is -0.493 e. The first-order valence-electron chi connectivity index (χ1n) is 10.5. The fourth-order valence-electron chi connectivity index (χ4n) is 4.03. The SMILES string of the molecule is COc1ccc(NC(=O)C[C@H](c2ccc(C)cc2)N2Cc3ccccc3C2=O)cc1OC. The number of amides is 2. The van der Waals surface area contributed by atoms with Crippen molar-refractivity contribution in [3.8, 4) is 11.5 Å². The van der Waals surface area contributed by atoms with Gasteiger partial charge in [-0.15, -0.1) is 0 Å². The van der Waals surface area contributed by atoms with Gasteiger partial charge in [0.15, 0.2) is 11.5 Å². The first-order chi connectivity index (χ1) is 15.5. The third-order valence-electron chi connectivity index (χ3n) is 5.73. The summed E-state index contributed by atoms with van der Waals surface area (Å²) >= 11 is 0. The molecule has 1 aliphatic rings. The minimum absolute atomic E-state index is 0.0508. The average Bonchev–Trinajstić information content (AvgIpc) is 3.14. The molecule has 32 heavy (non-hydrogen) atoms. The molecule has 0 aromatic heterocycles. The van der Waals surface area contributed by atoms with E-state index in [9.17, 15) is 9.59 Å². The summed E-state index contributed by atoms with van der Waals surface area (Å²) < 4.78 is 10.6. The van der Waals surface area contributed by atoms with Crippen LogP contribution in [0.15, 0.2) is 66.7 Å². The normalized spacial score (nSPS) is 13.5. The Morgan fingerprint density at radius 1 is 1.00 bits per heavy atom. The zero-order chi connectivity index (χ0) is 22.7. The molecule has 1 N–H and O–H groups in total. The molecule has 1 aliphatic heterocycles. The quantitative estimate of drug-likeness (QED) is 0.588. The topological polar surface area (TPSA) is 67.9 Å². The molecule has 4 rings (SSSR count). The molecule has 0 radical (unpaired) electrons. The number of hydrogen-bond acceptors (Lipinski definition) is 4. The molecule has 0 saturated heterocycles. The number of fused-ring (bicyclic) bond motifs is 1. The van der Waals surface area contributed by atoms with Crippen LogP contribution in [-0.2, 0) is 11.3 Å². The van der Waals surface area contributed by atoms with Gasteiger partial charge < -0.3 is 19.7 Å². The number of ether oxygens (including phenoxy) is 2. The van der Waals surface area contributed by atoms with Crippen molar-refractivity contribution in [2.24, 2.45) is 0 Å². The van der Waals surface area contributed by atoms with E-state index >= 15 is 0 Å². The van der Waals surface area contributed by atoms with Crippen LogP contribution in [0, 0.1) is 6.92 Å². The third kappa shape index (κ3) is 4.30. The van der Waals surface area contributed by atoms with Gasteiger partial charge >= 0.3 is 0 Å². The second-order valence-electron chi connectivity index (χ2n) is 7.84. The standard InChI is InChI=1S/C26H26N2O4/c1-17-8-10-18(11-9-17)22(28-16-19-6-4-5-7-21(19)26(28)30)15-25(29)27-20-12-13-23(31-2)24(14-20)32-3/h4-14,22H,15-16H2,1-3H3,(H,27,29)/t22-/m1/s1. The summed E-state index contributed by atoms with van der Waals surface area (Å²) in [5.41, 5.74) is 4.34. The van der Waals surface area contributed by atoms with E-state index in [2.05, 4.69) is 5.32 Å². The number of carbonyl (C=O) groups excluding carboxylic acids is 2. The van der Waals surface area contributed by atoms with E-state index in [0.717, 1.165) is 16.7 Å². The predicted octanol–water partition coefficient (Wildman–Crippen LogP) is 4.74. The number of aryl methyl sites for hydroxylation is 1. The number of benzene rings is 3. The lowest BCUT2D eigenvalue weighted by molar-refractivity contribution is -0.117. The van der Waals surface area contributed by atoms with Gasteiger partial charge in [-0.25, -0.2) is 0 Å². The maximum Gasteiger partial charge on any atom is 0.255 e. The van der Waals surface area contributed by atoms with Crippen LogP contribution in [0.3, 0.4) is 0 Å². The summed E-state index contributed by atoms with van der Waals surface area (Å²) in [6.07, 6.45) is 0.136. The van der Waals surface area contributed by atoms with Gasteiger partial charge in [-0.3, -0.25) is 9.59 Å². The van der Waals surface area contributed by atoms with Crippen molar-refractivity contribution in [3.63, 3.8) is 0 Å². The van der Waals surface area contributed by atoms with Gasteiger partial charge in [-0.1, -0.05) is 48.0 Å². The van der Waals surface area contributed by atoms with Crippen molar-refractivity contribution >= 4 is 17.5 Å². The molecule has 0 aliphatic carbocycles. The van der Waals surface area contributed by atoms with Crippen LogP contribution >= 0.6 is 0 Å². The van der Waals surface area contributed by atoms with Crippen molar-refractivity contribution in [2.75, 3.05) is 19.5 Å². The van der Waals surface area contributed by atoms with Gasteiger partial charge in [0, 0.05) is 23.9 Å². The van der Waals surface area contributed by atoms with Crippen molar-refractivity contribution in [1.82, 2.24) is 4.90 Å². The second kappa shape index (κ2) is 9.14. The Kier molecular flexibility index (Phi) is 6.12. The van der Waals surface area contributed by atoms with E-state index in [1.54, 1.807) is 37.3 Å². The Hall–Kier alpha value is -3.80. The van der Waals surface area contributed by atoms with Crippen molar-refractivity contribution < 1.29 is 19.1 Å². The van der Waals surface area contributed by atoms with Gasteiger partial charge in [-0.05, 0) is 36.2 Å². The van der Waals surface area contributed by atoms with Crippen molar-refractivity contribution in [3.05, 3.63) is 89.0 Å². The molecule has 0 unspecified atom stereocenters. The van der Waals surface area contributed by atoms with Crippen LogP contribution in [0.2, 0.25) is 0 Å². The van der Waals surface area contributed by atoms with Gasteiger partial charge in [0.2, 0.25) is 5.91 Å². The van der Waals surface area contributed by atoms with E-state index in [4.69, 9.17) is 9.47 Å². The third-order valence-corrected chi connectivity index (χ3v) is 5.73. The summed E-state index contributed by atoms with van der Waals surface area (Å²) in [6, 6.07) is 20.4. The highest BCUT2D eigenvalue weighted by molar-refractivity contribution is 5.99. The molecular formula is C26H26N2O4. The molecule has 164 valence electrons. The van der Waals surface area contributed by atoms with Gasteiger partial charge in [-0.2, -0.15) is 0 Å². The highest BCUT2D eigenvalue weighted by Gasteiger charge is 2.34. The summed E-state index contributed by atoms with van der Waals surface area (Å²) in [5.74, 6) is 0.880. The molecule has 3 aromatic rings. The van der Waals surface area contributed by atoms with Crippen LogP contribution < -0.4 is 14.8 Å². The van der Waals surface area contributed by atoms with Gasteiger partial charge in [0.05, 0.1) is 26.7 Å². The Labute approximate surface area is 187 Å². The Balaban J connectivity index is 1.58. The van der Waals surface area contributed by atoms with Crippen LogP contribution in [0.4, 0.5) is 5.69 Å². The molecular weight excluding hydrogens is 404 g/mol. The molecule has 0 fully saturated rings. The summed E-state index contributed by atoms with van der Waals surface area (Å²) in [5, 5.41) is 2.93. The smallest absolute Gasteiger partial charge is 0.255 e. The number of hydrogen-bond donors (Lipinski definition) is 1. The maximum absolute atomic E-state index is 13.1. The van der Waals surface area contributed by atoms with E-state index < -0.39 is 0 Å². The number of methoxy groups -OCH3 is 2. The lowest BCUT2D eigenvalue weighted by Crippen LogP contribution is -2.32. The molecule has 0 spiro atoms. The van der Waals surface area contributed by atoms with Gasteiger partial charge in [0.1, 0.15) is 0 Å². The van der Waals surface area contributed by atoms with Crippen LogP contribution in [0.1, 0.15) is 39.5 Å². The van der Waals surface area contributed by atoms with E-state index in [1.165, 1.54) is 0 Å². The van der Waals surface area contributed by atoms with Crippen LogP contribution in [0.25, 0.3) is 0 Å². The fourth-order valence-corrected chi connectivity index (χ4v) is 4.03.